The van der Waals surface area contributed by atoms with Crippen molar-refractivity contribution in [2.45, 2.75) is 25.3 Å². The smallest absolute Gasteiger partial charge is 0.102 e. The highest BCUT2D eigenvalue weighted by atomic mass is 19.1. The second-order valence-electron chi connectivity index (χ2n) is 4.66. The van der Waals surface area contributed by atoms with Gasteiger partial charge in [-0.1, -0.05) is 0 Å². The lowest BCUT2D eigenvalue weighted by Gasteiger charge is -2.08. The van der Waals surface area contributed by atoms with Crippen LogP contribution in [0.1, 0.15) is 19.3 Å². The predicted molar refractivity (Wildman–Crippen MR) is 45.6 cm³/mol. The Morgan fingerprint density at radius 1 is 1.17 bits per heavy atom. The Morgan fingerprint density at radius 2 is 1.83 bits per heavy atom. The van der Waals surface area contributed by atoms with Crippen LogP contribution >= 0.6 is 0 Å². The van der Waals surface area contributed by atoms with E-state index < -0.39 is 0 Å². The average molecular weight is 169 g/mol. The molecule has 68 valence electrons. The lowest BCUT2D eigenvalue weighted by Crippen LogP contribution is -2.24. The summed E-state index contributed by atoms with van der Waals surface area (Å²) in [4.78, 5) is 0. The van der Waals surface area contributed by atoms with Gasteiger partial charge in [-0.25, -0.2) is 4.39 Å². The largest absolute Gasteiger partial charge is 0.311 e. The van der Waals surface area contributed by atoms with Crippen LogP contribution in [0.5, 0.6) is 0 Å². The molecule has 0 aliphatic heterocycles. The molecule has 3 saturated carbocycles. The first-order valence-corrected chi connectivity index (χ1v) is 5.21. The Hall–Kier alpha value is -0.110. The molecule has 0 amide bonds. The van der Waals surface area contributed by atoms with Crippen molar-refractivity contribution in [3.05, 3.63) is 0 Å². The Labute approximate surface area is 72.7 Å². The summed E-state index contributed by atoms with van der Waals surface area (Å²) in [5.74, 6) is 3.93. The number of hydrogen-bond acceptors (Lipinski definition) is 1. The molecular formula is C10H16FN. The summed E-state index contributed by atoms with van der Waals surface area (Å²) < 4.78 is 11.9. The summed E-state index contributed by atoms with van der Waals surface area (Å²) in [5.41, 5.74) is 0. The minimum atomic E-state index is -0.203. The van der Waals surface area contributed by atoms with Gasteiger partial charge >= 0.3 is 0 Å². The average Bonchev–Trinajstić information content (AvgIpc) is 2.52. The topological polar surface area (TPSA) is 12.0 Å². The van der Waals surface area contributed by atoms with Crippen molar-refractivity contribution in [3.8, 4) is 0 Å². The van der Waals surface area contributed by atoms with Crippen LogP contribution in [0, 0.1) is 23.7 Å². The number of rotatable bonds is 3. The summed E-state index contributed by atoms with van der Waals surface area (Å²) in [6.45, 7) is 0.377. The van der Waals surface area contributed by atoms with Crippen LogP contribution in [0.25, 0.3) is 0 Å². The lowest BCUT2D eigenvalue weighted by molar-refractivity contribution is 0.421. The molecule has 0 saturated heterocycles. The Kier molecular flexibility index (Phi) is 1.49. The van der Waals surface area contributed by atoms with Crippen molar-refractivity contribution < 1.29 is 4.39 Å². The zero-order valence-electron chi connectivity index (χ0n) is 7.30. The van der Waals surface area contributed by atoms with Crippen LogP contribution in [0.15, 0.2) is 0 Å². The van der Waals surface area contributed by atoms with Gasteiger partial charge in [0.05, 0.1) is 0 Å². The normalized spacial score (nSPS) is 54.2. The van der Waals surface area contributed by atoms with Crippen molar-refractivity contribution in [1.29, 1.82) is 0 Å². The number of alkyl halides is 1. The quantitative estimate of drug-likeness (QED) is 0.676. The molecule has 2 bridgehead atoms. The van der Waals surface area contributed by atoms with Crippen LogP contribution in [0.4, 0.5) is 4.39 Å². The second kappa shape index (κ2) is 2.44. The molecule has 0 radical (unpaired) electrons. The molecule has 0 spiro atoms. The molecule has 3 aliphatic carbocycles. The maximum absolute atomic E-state index is 11.9. The molecule has 0 heterocycles. The lowest BCUT2D eigenvalue weighted by atomic mass is 10.0. The summed E-state index contributed by atoms with van der Waals surface area (Å²) >= 11 is 0. The minimum absolute atomic E-state index is 0.203. The molecule has 3 fully saturated rings. The zero-order valence-corrected chi connectivity index (χ0v) is 7.30. The number of nitrogens with one attached hydrogen (secondary N) is 1. The fourth-order valence-corrected chi connectivity index (χ4v) is 3.82. The molecule has 0 aromatic heterocycles. The first-order chi connectivity index (χ1) is 5.92. The summed E-state index contributed by atoms with van der Waals surface area (Å²) in [7, 11) is 0. The highest BCUT2D eigenvalue weighted by molar-refractivity contribution is 5.16. The van der Waals surface area contributed by atoms with Gasteiger partial charge in [0, 0.05) is 12.6 Å². The summed E-state index contributed by atoms with van der Waals surface area (Å²) in [5, 5.41) is 3.33. The van der Waals surface area contributed by atoms with E-state index >= 15 is 0 Å². The van der Waals surface area contributed by atoms with E-state index in [1.54, 1.807) is 0 Å². The second-order valence-corrected chi connectivity index (χ2v) is 4.66. The van der Waals surface area contributed by atoms with Crippen LogP contribution in [-0.2, 0) is 0 Å². The fourth-order valence-electron chi connectivity index (χ4n) is 3.82. The van der Waals surface area contributed by atoms with E-state index in [9.17, 15) is 4.39 Å². The molecule has 2 heteroatoms. The maximum Gasteiger partial charge on any atom is 0.102 e. The molecule has 0 aromatic carbocycles. The standard InChI is InChI=1S/C10H16FN/c11-3-4-12-10-8-6-1-2-7(5-6)9(8)10/h6-10,12H,1-5H2. The Morgan fingerprint density at radius 3 is 2.42 bits per heavy atom. The van der Waals surface area contributed by atoms with Crippen molar-refractivity contribution in [3.63, 3.8) is 0 Å². The van der Waals surface area contributed by atoms with Crippen molar-refractivity contribution >= 4 is 0 Å². The molecule has 0 aromatic rings. The van der Waals surface area contributed by atoms with E-state index in [-0.39, 0.29) is 6.67 Å². The third-order valence-electron chi connectivity index (χ3n) is 4.21. The summed E-state index contributed by atoms with van der Waals surface area (Å²) in [6, 6.07) is 0.715. The monoisotopic (exact) mass is 169 g/mol. The first-order valence-electron chi connectivity index (χ1n) is 5.21. The van der Waals surface area contributed by atoms with Crippen LogP contribution in [0.2, 0.25) is 0 Å². The van der Waals surface area contributed by atoms with Gasteiger partial charge in [0.25, 0.3) is 0 Å². The van der Waals surface area contributed by atoms with Crippen LogP contribution < -0.4 is 5.32 Å². The van der Waals surface area contributed by atoms with Gasteiger partial charge in [0.1, 0.15) is 6.67 Å². The van der Waals surface area contributed by atoms with E-state index in [4.69, 9.17) is 0 Å². The van der Waals surface area contributed by atoms with E-state index in [1.807, 2.05) is 0 Å². The van der Waals surface area contributed by atoms with Crippen molar-refractivity contribution in [2.24, 2.45) is 23.7 Å². The van der Waals surface area contributed by atoms with Gasteiger partial charge < -0.3 is 5.32 Å². The number of hydrogen-bond donors (Lipinski definition) is 1. The Balaban J connectivity index is 1.60. The van der Waals surface area contributed by atoms with Crippen molar-refractivity contribution in [1.82, 2.24) is 5.32 Å². The maximum atomic E-state index is 11.9. The minimum Gasteiger partial charge on any atom is -0.311 e. The van der Waals surface area contributed by atoms with Crippen LogP contribution in [-0.4, -0.2) is 19.3 Å². The van der Waals surface area contributed by atoms with Gasteiger partial charge in [-0.2, -0.15) is 0 Å². The van der Waals surface area contributed by atoms with Gasteiger partial charge in [-0.15, -0.1) is 0 Å². The molecular weight excluding hydrogens is 153 g/mol. The zero-order chi connectivity index (χ0) is 8.13. The number of fused-ring (bicyclic) bond motifs is 5. The molecule has 12 heavy (non-hydrogen) atoms. The molecule has 4 atom stereocenters. The highest BCUT2D eigenvalue weighted by Crippen LogP contribution is 2.65. The van der Waals surface area contributed by atoms with Gasteiger partial charge in [-0.05, 0) is 42.9 Å². The Bertz CT molecular complexity index is 178. The SMILES string of the molecule is FCCNC1C2C3CCC(C3)C12. The third kappa shape index (κ3) is 0.819. The van der Waals surface area contributed by atoms with E-state index in [0.29, 0.717) is 12.6 Å². The molecule has 1 nitrogen and oxygen atoms in total. The van der Waals surface area contributed by atoms with E-state index in [2.05, 4.69) is 5.32 Å². The summed E-state index contributed by atoms with van der Waals surface area (Å²) in [6.07, 6.45) is 4.41. The van der Waals surface area contributed by atoms with Crippen LogP contribution in [0.3, 0.4) is 0 Å². The number of halogens is 1. The molecule has 4 unspecified atom stereocenters. The van der Waals surface area contributed by atoms with Crippen molar-refractivity contribution in [2.75, 3.05) is 13.2 Å². The molecule has 1 N–H and O–H groups in total. The highest BCUT2D eigenvalue weighted by Gasteiger charge is 2.64. The van der Waals surface area contributed by atoms with Gasteiger partial charge in [0.15, 0.2) is 0 Å². The van der Waals surface area contributed by atoms with Gasteiger partial charge in [0.2, 0.25) is 0 Å². The fraction of sp³-hybridized carbons (Fsp3) is 1.00. The predicted octanol–water partition coefficient (Wildman–Crippen LogP) is 1.59. The van der Waals surface area contributed by atoms with Gasteiger partial charge in [-0.3, -0.25) is 0 Å². The van der Waals surface area contributed by atoms with E-state index in [0.717, 1.165) is 23.7 Å². The van der Waals surface area contributed by atoms with E-state index in [1.165, 1.54) is 19.3 Å². The molecule has 3 aliphatic rings. The third-order valence-corrected chi connectivity index (χ3v) is 4.21. The molecule has 3 rings (SSSR count). The first kappa shape index (κ1) is 7.31.